The van der Waals surface area contributed by atoms with Crippen LogP contribution in [0, 0.1) is 6.92 Å². The van der Waals surface area contributed by atoms with Gasteiger partial charge >= 0.3 is 0 Å². The third kappa shape index (κ3) is 4.35. The van der Waals surface area contributed by atoms with Crippen molar-refractivity contribution in [1.29, 1.82) is 0 Å². The highest BCUT2D eigenvalue weighted by Crippen LogP contribution is 2.20. The van der Waals surface area contributed by atoms with Crippen molar-refractivity contribution in [2.45, 2.75) is 26.9 Å². The highest BCUT2D eigenvalue weighted by Gasteiger charge is 2.16. The average Bonchev–Trinajstić information content (AvgIpc) is 2.56. The molecule has 0 bridgehead atoms. The molecule has 2 rings (SSSR count). The Morgan fingerprint density at radius 3 is 2.50 bits per heavy atom. The highest BCUT2D eigenvalue weighted by molar-refractivity contribution is 5.96. The van der Waals surface area contributed by atoms with Gasteiger partial charge in [-0.25, -0.2) is 0 Å². The minimum Gasteiger partial charge on any atom is -0.481 e. The van der Waals surface area contributed by atoms with E-state index in [1.165, 1.54) is 11.8 Å². The van der Waals surface area contributed by atoms with Gasteiger partial charge in [0.05, 0.1) is 0 Å². The maximum Gasteiger partial charge on any atom is 0.265 e. The van der Waals surface area contributed by atoms with Crippen molar-refractivity contribution in [3.05, 3.63) is 54.1 Å². The van der Waals surface area contributed by atoms with Gasteiger partial charge < -0.3 is 15.0 Å². The largest absolute Gasteiger partial charge is 0.481 e. The fourth-order valence-corrected chi connectivity index (χ4v) is 2.15. The van der Waals surface area contributed by atoms with Crippen LogP contribution in [0.25, 0.3) is 0 Å². The van der Waals surface area contributed by atoms with Gasteiger partial charge in [0, 0.05) is 25.3 Å². The first-order valence-electron chi connectivity index (χ1n) is 7.76. The molecule has 5 heteroatoms. The Morgan fingerprint density at radius 2 is 1.83 bits per heavy atom. The zero-order valence-corrected chi connectivity index (χ0v) is 14.4. The smallest absolute Gasteiger partial charge is 0.265 e. The predicted molar refractivity (Wildman–Crippen MR) is 95.4 cm³/mol. The quantitative estimate of drug-likeness (QED) is 0.916. The van der Waals surface area contributed by atoms with E-state index in [0.29, 0.717) is 17.1 Å². The molecule has 1 unspecified atom stereocenters. The van der Waals surface area contributed by atoms with Crippen LogP contribution < -0.4 is 15.0 Å². The molecule has 0 saturated carbocycles. The van der Waals surface area contributed by atoms with E-state index in [2.05, 4.69) is 5.32 Å². The highest BCUT2D eigenvalue weighted by atomic mass is 16.5. The number of nitrogens with one attached hydrogen (secondary N) is 1. The fraction of sp³-hybridized carbons (Fsp3) is 0.263. The summed E-state index contributed by atoms with van der Waals surface area (Å²) in [6.45, 7) is 5.12. The molecular weight excluding hydrogens is 304 g/mol. The summed E-state index contributed by atoms with van der Waals surface area (Å²) in [5.74, 6) is 0.362. The van der Waals surface area contributed by atoms with Gasteiger partial charge in [-0.3, -0.25) is 9.59 Å². The number of hydrogen-bond donors (Lipinski definition) is 1. The normalized spacial score (nSPS) is 11.5. The Labute approximate surface area is 142 Å². The molecule has 0 aromatic heterocycles. The van der Waals surface area contributed by atoms with Gasteiger partial charge in [-0.05, 0) is 43.7 Å². The first-order valence-corrected chi connectivity index (χ1v) is 7.76. The minimum absolute atomic E-state index is 0.0743. The van der Waals surface area contributed by atoms with Crippen LogP contribution in [0.4, 0.5) is 11.4 Å². The number of anilines is 2. The maximum atomic E-state index is 12.3. The van der Waals surface area contributed by atoms with E-state index in [1.54, 1.807) is 32.2 Å². The first kappa shape index (κ1) is 17.5. The number of nitrogens with zero attached hydrogens (tertiary/aromatic N) is 1. The van der Waals surface area contributed by atoms with Gasteiger partial charge in [0.15, 0.2) is 6.10 Å². The third-order valence-corrected chi connectivity index (χ3v) is 3.74. The number of amides is 2. The van der Waals surface area contributed by atoms with E-state index in [1.807, 2.05) is 37.3 Å². The summed E-state index contributed by atoms with van der Waals surface area (Å²) in [5, 5.41) is 2.81. The van der Waals surface area contributed by atoms with Crippen molar-refractivity contribution in [2.75, 3.05) is 17.3 Å². The lowest BCUT2D eigenvalue weighted by Crippen LogP contribution is -2.30. The average molecular weight is 326 g/mol. The molecule has 0 saturated heterocycles. The zero-order chi connectivity index (χ0) is 17.7. The molecule has 0 heterocycles. The second kappa shape index (κ2) is 7.64. The molecule has 0 radical (unpaired) electrons. The number of hydrogen-bond acceptors (Lipinski definition) is 3. The lowest BCUT2D eigenvalue weighted by Gasteiger charge is -2.18. The van der Waals surface area contributed by atoms with E-state index in [0.717, 1.165) is 5.56 Å². The van der Waals surface area contributed by atoms with Crippen LogP contribution in [0.5, 0.6) is 5.75 Å². The summed E-state index contributed by atoms with van der Waals surface area (Å²) in [6.07, 6.45) is -0.639. The molecule has 1 N–H and O–H groups in total. The molecule has 126 valence electrons. The van der Waals surface area contributed by atoms with Crippen molar-refractivity contribution in [3.63, 3.8) is 0 Å². The van der Waals surface area contributed by atoms with Crippen LogP contribution in [-0.4, -0.2) is 25.0 Å². The predicted octanol–water partition coefficient (Wildman–Crippen LogP) is 3.38. The fourth-order valence-electron chi connectivity index (χ4n) is 2.15. The van der Waals surface area contributed by atoms with Crippen molar-refractivity contribution < 1.29 is 14.3 Å². The zero-order valence-electron chi connectivity index (χ0n) is 14.4. The van der Waals surface area contributed by atoms with Crippen molar-refractivity contribution in [3.8, 4) is 5.75 Å². The molecule has 24 heavy (non-hydrogen) atoms. The molecule has 0 aliphatic rings. The van der Waals surface area contributed by atoms with Crippen LogP contribution >= 0.6 is 0 Å². The molecule has 0 spiro atoms. The number of carbonyl (C=O) groups is 2. The van der Waals surface area contributed by atoms with E-state index in [-0.39, 0.29) is 11.8 Å². The summed E-state index contributed by atoms with van der Waals surface area (Å²) in [6, 6.07) is 14.7. The van der Waals surface area contributed by atoms with Gasteiger partial charge in [-0.15, -0.1) is 0 Å². The second-order valence-electron chi connectivity index (χ2n) is 5.64. The van der Waals surface area contributed by atoms with E-state index in [4.69, 9.17) is 4.74 Å². The number of carbonyl (C=O) groups excluding carboxylic acids is 2. The Morgan fingerprint density at radius 1 is 1.12 bits per heavy atom. The van der Waals surface area contributed by atoms with Crippen LogP contribution in [0.15, 0.2) is 48.5 Å². The number of rotatable bonds is 5. The molecular formula is C19H22N2O3. The first-order chi connectivity index (χ1) is 11.4. The lowest BCUT2D eigenvalue weighted by atomic mass is 10.2. The summed E-state index contributed by atoms with van der Waals surface area (Å²) < 4.78 is 5.72. The van der Waals surface area contributed by atoms with Crippen LogP contribution in [0.3, 0.4) is 0 Å². The summed E-state index contributed by atoms with van der Waals surface area (Å²) in [4.78, 5) is 25.3. The van der Waals surface area contributed by atoms with E-state index in [9.17, 15) is 9.59 Å². The maximum absolute atomic E-state index is 12.3. The van der Waals surface area contributed by atoms with Crippen LogP contribution in [-0.2, 0) is 9.59 Å². The Balaban J connectivity index is 2.05. The number of para-hydroxylation sites is 1. The summed E-state index contributed by atoms with van der Waals surface area (Å²) >= 11 is 0. The van der Waals surface area contributed by atoms with Gasteiger partial charge in [-0.2, -0.15) is 0 Å². The van der Waals surface area contributed by atoms with Gasteiger partial charge in [-0.1, -0.05) is 24.3 Å². The number of benzene rings is 2. The number of aryl methyl sites for hydroxylation is 1. The lowest BCUT2D eigenvalue weighted by molar-refractivity contribution is -0.122. The van der Waals surface area contributed by atoms with Crippen LogP contribution in [0.2, 0.25) is 0 Å². The van der Waals surface area contributed by atoms with E-state index >= 15 is 0 Å². The summed E-state index contributed by atoms with van der Waals surface area (Å²) in [5.41, 5.74) is 2.31. The Bertz CT molecular complexity index is 743. The SMILES string of the molecule is CC(=O)N(C)c1cccc(NC(=O)C(C)Oc2ccccc2C)c1. The van der Waals surface area contributed by atoms with Gasteiger partial charge in [0.1, 0.15) is 5.75 Å². The molecule has 0 aliphatic heterocycles. The van der Waals surface area contributed by atoms with Crippen LogP contribution in [0.1, 0.15) is 19.4 Å². The van der Waals surface area contributed by atoms with Crippen molar-refractivity contribution in [1.82, 2.24) is 0 Å². The van der Waals surface area contributed by atoms with Crippen molar-refractivity contribution in [2.24, 2.45) is 0 Å². The molecule has 2 aromatic rings. The van der Waals surface area contributed by atoms with E-state index < -0.39 is 6.10 Å². The Hall–Kier alpha value is -2.82. The second-order valence-corrected chi connectivity index (χ2v) is 5.64. The van der Waals surface area contributed by atoms with Gasteiger partial charge in [0.25, 0.3) is 5.91 Å². The molecule has 5 nitrogen and oxygen atoms in total. The third-order valence-electron chi connectivity index (χ3n) is 3.74. The molecule has 2 aromatic carbocycles. The summed E-state index contributed by atoms with van der Waals surface area (Å²) in [7, 11) is 1.69. The topological polar surface area (TPSA) is 58.6 Å². The number of ether oxygens (including phenoxy) is 1. The molecule has 0 fully saturated rings. The molecule has 0 aliphatic carbocycles. The molecule has 1 atom stereocenters. The Kier molecular flexibility index (Phi) is 5.58. The monoisotopic (exact) mass is 326 g/mol. The van der Waals surface area contributed by atoms with Crippen molar-refractivity contribution >= 4 is 23.2 Å². The molecule has 2 amide bonds. The standard InChI is InChI=1S/C19H22N2O3/c1-13-8-5-6-11-18(13)24-14(2)19(23)20-16-9-7-10-17(12-16)21(4)15(3)22/h5-12,14H,1-4H3,(H,20,23). The minimum atomic E-state index is -0.639. The van der Waals surface area contributed by atoms with Gasteiger partial charge in [0.2, 0.25) is 5.91 Å².